The van der Waals surface area contributed by atoms with Crippen LogP contribution in [0.1, 0.15) is 215 Å². The number of nitrogens with zero attached hydrogens (tertiary/aromatic N) is 6. The number of hydrogen-bond acceptors (Lipinski definition) is 12. The maximum atomic E-state index is 14.9. The molecular weight excluding hydrogens is 1150 g/mol. The number of hydrogen-bond donors (Lipinski definition) is 6. The quantitative estimate of drug-likeness (QED) is 0.119. The van der Waals surface area contributed by atoms with E-state index in [1.54, 1.807) is 6.20 Å². The molecule has 4 aliphatic heterocycles. The van der Waals surface area contributed by atoms with Gasteiger partial charge in [-0.1, -0.05) is 98.0 Å². The van der Waals surface area contributed by atoms with Crippen molar-refractivity contribution in [1.29, 1.82) is 0 Å². The average Bonchev–Trinajstić information content (AvgIpc) is 1.50. The van der Waals surface area contributed by atoms with Crippen LogP contribution in [0.15, 0.2) is 71.7 Å². The minimum Gasteiger partial charge on any atom is -0.390 e. The molecule has 5 unspecified atom stereocenters. The van der Waals surface area contributed by atoms with Gasteiger partial charge in [-0.05, 0) is 172 Å². The molecule has 0 aromatic heterocycles. The van der Waals surface area contributed by atoms with Gasteiger partial charge in [0, 0.05) is 168 Å². The number of carbonyl (C=O) groups excluding carboxylic acids is 1. The summed E-state index contributed by atoms with van der Waals surface area (Å²) in [4.78, 5) is 32.1. The molecule has 3 saturated carbocycles. The number of rotatable bonds is 11. The number of nitrogens with one attached hydrogen (secondary N) is 6. The number of aliphatic imine (C=N–C) groups is 1. The molecule has 7 aliphatic rings. The summed E-state index contributed by atoms with van der Waals surface area (Å²) in [5.41, 5.74) is 2.55. The number of likely N-dealkylation sites (tertiary alicyclic amines) is 1. The van der Waals surface area contributed by atoms with Crippen molar-refractivity contribution in [3.05, 3.63) is 83.6 Å². The van der Waals surface area contributed by atoms with Gasteiger partial charge in [0.2, 0.25) is 5.91 Å². The van der Waals surface area contributed by atoms with Gasteiger partial charge in [-0.15, -0.1) is 0 Å². The summed E-state index contributed by atoms with van der Waals surface area (Å²) in [6.45, 7) is 28.3. The first-order valence-corrected chi connectivity index (χ1v) is 36.5. The monoisotopic (exact) mass is 1270 g/mol. The lowest BCUT2D eigenvalue weighted by Gasteiger charge is -2.60. The van der Waals surface area contributed by atoms with E-state index in [2.05, 4.69) is 145 Å². The van der Waals surface area contributed by atoms with E-state index < -0.39 is 17.6 Å². The van der Waals surface area contributed by atoms with Crippen LogP contribution in [0.5, 0.6) is 0 Å². The molecular formula is C74H124F4N12O. The Labute approximate surface area is 548 Å². The van der Waals surface area contributed by atoms with Crippen molar-refractivity contribution in [3.8, 4) is 0 Å². The fraction of sp³-hybridized carbons (Fsp3) is 0.784. The lowest BCUT2D eigenvalue weighted by Crippen LogP contribution is -2.76. The zero-order chi connectivity index (χ0) is 65.2. The molecule has 6 N–H and O–H groups in total. The van der Waals surface area contributed by atoms with Crippen LogP contribution in [0.4, 0.5) is 17.6 Å². The predicted molar refractivity (Wildman–Crippen MR) is 368 cm³/mol. The van der Waals surface area contributed by atoms with Crippen molar-refractivity contribution in [2.75, 3.05) is 66.5 Å². The van der Waals surface area contributed by atoms with Gasteiger partial charge in [0.25, 0.3) is 0 Å². The van der Waals surface area contributed by atoms with Crippen LogP contribution in [0.25, 0.3) is 0 Å². The van der Waals surface area contributed by atoms with Crippen molar-refractivity contribution in [3.63, 3.8) is 0 Å². The topological polar surface area (TPSA) is 118 Å². The molecule has 13 nitrogen and oxygen atoms in total. The summed E-state index contributed by atoms with van der Waals surface area (Å²) in [7, 11) is 4.27. The van der Waals surface area contributed by atoms with Crippen LogP contribution in [0, 0.1) is 35.4 Å². The summed E-state index contributed by atoms with van der Waals surface area (Å²) in [5.74, 6) is 1.25. The Morgan fingerprint density at radius 3 is 2.20 bits per heavy atom. The Morgan fingerprint density at radius 1 is 0.791 bits per heavy atom. The largest absolute Gasteiger partial charge is 0.419 e. The van der Waals surface area contributed by atoms with E-state index in [-0.39, 0.29) is 59.8 Å². The minimum atomic E-state index is -4.76. The maximum Gasteiger partial charge on any atom is 0.419 e. The van der Waals surface area contributed by atoms with E-state index in [9.17, 15) is 22.4 Å². The highest BCUT2D eigenvalue weighted by molar-refractivity contribution is 5.95. The Kier molecular flexibility index (Phi) is 28.1. The highest BCUT2D eigenvalue weighted by Gasteiger charge is 2.56. The third-order valence-electron chi connectivity index (χ3n) is 22.6. The summed E-state index contributed by atoms with van der Waals surface area (Å²) in [6, 6.07) is 5.28. The van der Waals surface area contributed by atoms with Gasteiger partial charge in [-0.25, -0.2) is 4.39 Å². The highest BCUT2D eigenvalue weighted by atomic mass is 19.4. The third-order valence-corrected chi connectivity index (χ3v) is 22.6. The molecule has 514 valence electrons. The Bertz CT molecular complexity index is 2530. The first-order chi connectivity index (χ1) is 43.6. The second kappa shape index (κ2) is 35.1. The lowest BCUT2D eigenvalue weighted by atomic mass is 9.74. The summed E-state index contributed by atoms with van der Waals surface area (Å²) >= 11 is 0. The van der Waals surface area contributed by atoms with Crippen LogP contribution < -0.4 is 31.9 Å². The summed E-state index contributed by atoms with van der Waals surface area (Å²) < 4.78 is 55.5. The molecule has 6 fully saturated rings. The van der Waals surface area contributed by atoms with E-state index in [1.165, 1.54) is 94.5 Å². The second-order valence-electron chi connectivity index (χ2n) is 29.9. The third kappa shape index (κ3) is 20.5. The molecule has 1 aromatic rings. The number of halogens is 4. The van der Waals surface area contributed by atoms with E-state index in [1.807, 2.05) is 18.5 Å². The molecule has 1 spiro atoms. The molecule has 91 heavy (non-hydrogen) atoms. The SMILES string of the molecule is CC[C@H](C)[C@H]1CN[C@@H](CC(C)C)C(C)NCC2[C@@H](C(=O)N3CCCCC3)C(C)N2[C@@H](C2CCCC2)C(C)NC2(CCCC2)CNCCNC=CC(CCc2ccc(C(F)(F)F)c(F)c2)=NC=CN(C)C=C(CC2CCCCC2)N(C)C=C2CCCN2[C@@H](C)C(C)N1. The second-order valence-corrected chi connectivity index (χ2v) is 29.9. The van der Waals surface area contributed by atoms with Gasteiger partial charge < -0.3 is 51.5 Å². The van der Waals surface area contributed by atoms with Crippen LogP contribution in [-0.4, -0.2) is 162 Å². The Balaban J connectivity index is 1.09. The van der Waals surface area contributed by atoms with Gasteiger partial charge >= 0.3 is 6.18 Å². The number of allylic oxidation sites excluding steroid dienone is 3. The molecule has 0 radical (unpaired) electrons. The highest BCUT2D eigenvalue weighted by Crippen LogP contribution is 2.44. The fourth-order valence-corrected chi connectivity index (χ4v) is 16.9. The van der Waals surface area contributed by atoms with Gasteiger partial charge in [0.15, 0.2) is 0 Å². The molecule has 1 aromatic carbocycles. The minimum absolute atomic E-state index is 0.0381. The number of alkyl halides is 3. The van der Waals surface area contributed by atoms with Crippen LogP contribution >= 0.6 is 0 Å². The molecule has 0 bridgehead atoms. The van der Waals surface area contributed by atoms with Crippen LogP contribution in [0.3, 0.4) is 0 Å². The van der Waals surface area contributed by atoms with Crippen LogP contribution in [0.2, 0.25) is 0 Å². The molecule has 11 atom stereocenters. The molecule has 17 heteroatoms. The van der Waals surface area contributed by atoms with E-state index in [0.29, 0.717) is 60.6 Å². The van der Waals surface area contributed by atoms with Crippen molar-refractivity contribution < 1.29 is 22.4 Å². The Morgan fingerprint density at radius 2 is 1.51 bits per heavy atom. The van der Waals surface area contributed by atoms with Crippen molar-refractivity contribution >= 4 is 11.6 Å². The zero-order valence-electron chi connectivity index (χ0n) is 58.3. The van der Waals surface area contributed by atoms with Crippen LogP contribution in [-0.2, 0) is 17.4 Å². The average molecular weight is 1270 g/mol. The van der Waals surface area contributed by atoms with Gasteiger partial charge in [-0.2, -0.15) is 13.2 Å². The molecule has 8 rings (SSSR count). The first-order valence-electron chi connectivity index (χ1n) is 36.5. The number of benzene rings is 1. The number of amides is 1. The summed E-state index contributed by atoms with van der Waals surface area (Å²) in [6.07, 6.45) is 32.9. The zero-order valence-corrected chi connectivity index (χ0v) is 58.3. The number of fused-ring (bicyclic) bond motifs is 2. The molecule has 3 saturated heterocycles. The van der Waals surface area contributed by atoms with Crippen molar-refractivity contribution in [2.24, 2.45) is 34.6 Å². The molecule has 3 aliphatic carbocycles. The molecule has 4 heterocycles. The smallest absolute Gasteiger partial charge is 0.390 e. The van der Waals surface area contributed by atoms with Crippen molar-refractivity contribution in [2.45, 2.75) is 276 Å². The van der Waals surface area contributed by atoms with Gasteiger partial charge in [0.1, 0.15) is 5.82 Å². The predicted octanol–water partition coefficient (Wildman–Crippen LogP) is 13.3. The number of piperidine rings is 1. The summed E-state index contributed by atoms with van der Waals surface area (Å²) in [5, 5.41) is 24.4. The van der Waals surface area contributed by atoms with Crippen molar-refractivity contribution in [1.82, 2.24) is 56.4 Å². The van der Waals surface area contributed by atoms with Gasteiger partial charge in [-0.3, -0.25) is 14.7 Å². The van der Waals surface area contributed by atoms with E-state index >= 15 is 0 Å². The fourth-order valence-electron chi connectivity index (χ4n) is 16.9. The van der Waals surface area contributed by atoms with E-state index in [0.717, 1.165) is 121 Å². The number of carbonyl (C=O) groups is 1. The normalized spacial score (nSPS) is 30.7. The standard InChI is InChI=1S/C74H124F4N12O/c1-12-53(4)68-47-83-67(44-52(2)3)55(6)82-48-69-70(72(91)88-40-21-14-22-41-88)58(9)90(69)71(61-26-17-18-27-61)56(7)85-73(34-19-20-35-73)51-80-38-37-79-36-33-62(31-29-60-30-32-65(66(75)46-60)74(76,77)78)81-39-43-86(10)49-64(45-59-24-15-13-16-25-59)87(11)50-63-28-23-42-89(63)57(8)54(5)84-68/h30,32-33,36,39,43,46,49-50,52-59,61,67-71,79-80,82-85H,12-29,31,34-35,37-38,40-42,44-45,47-48,51H2,1-11H3/t53-,54?,55?,56?,57-,58?,67-,68+,69?,70-,71+/m0/s1. The molecule has 1 amide bonds. The maximum absolute atomic E-state index is 14.9. The van der Waals surface area contributed by atoms with E-state index in [4.69, 9.17) is 4.99 Å². The lowest BCUT2D eigenvalue weighted by molar-refractivity contribution is -0.162. The Hall–Kier alpha value is -4.00. The van der Waals surface area contributed by atoms with Gasteiger partial charge in [0.05, 0.1) is 11.5 Å². The number of aryl methyl sites for hydroxylation is 1. The first kappa shape index (κ1) is 72.8.